The van der Waals surface area contributed by atoms with Gasteiger partial charge < -0.3 is 0 Å². The minimum atomic E-state index is 0.731. The van der Waals surface area contributed by atoms with Crippen molar-refractivity contribution in [2.45, 2.75) is 38.5 Å². The van der Waals surface area contributed by atoms with E-state index in [9.17, 15) is 0 Å². The Labute approximate surface area is 104 Å². The number of nitriles is 1. The quantitative estimate of drug-likeness (QED) is 0.740. The molecule has 0 bridgehead atoms. The molecule has 1 aromatic rings. The molecule has 0 radical (unpaired) electrons. The van der Waals surface area contributed by atoms with Gasteiger partial charge in [0.25, 0.3) is 0 Å². The second-order valence-electron chi connectivity index (χ2n) is 4.88. The van der Waals surface area contributed by atoms with Gasteiger partial charge in [-0.2, -0.15) is 5.26 Å². The summed E-state index contributed by atoms with van der Waals surface area (Å²) < 4.78 is 0. The van der Waals surface area contributed by atoms with Crippen molar-refractivity contribution in [3.05, 3.63) is 41.5 Å². The van der Waals surface area contributed by atoms with Gasteiger partial charge in [-0.25, -0.2) is 0 Å². The first-order valence-electron chi connectivity index (χ1n) is 6.55. The molecule has 2 rings (SSSR count). The average molecular weight is 225 g/mol. The van der Waals surface area contributed by atoms with Gasteiger partial charge in [0.1, 0.15) is 0 Å². The Hall–Kier alpha value is -1.55. The highest BCUT2D eigenvalue weighted by molar-refractivity contribution is 5.50. The summed E-state index contributed by atoms with van der Waals surface area (Å²) in [6.07, 6.45) is 12.7. The van der Waals surface area contributed by atoms with Gasteiger partial charge in [0, 0.05) is 0 Å². The second-order valence-corrected chi connectivity index (χ2v) is 4.88. The van der Waals surface area contributed by atoms with Gasteiger partial charge >= 0.3 is 0 Å². The van der Waals surface area contributed by atoms with E-state index >= 15 is 0 Å². The van der Waals surface area contributed by atoms with E-state index in [0.717, 1.165) is 11.5 Å². The molecule has 1 aliphatic carbocycles. The molecular weight excluding hydrogens is 206 g/mol. The lowest BCUT2D eigenvalue weighted by Crippen LogP contribution is -2.04. The Morgan fingerprint density at radius 2 is 1.82 bits per heavy atom. The van der Waals surface area contributed by atoms with E-state index in [1.807, 2.05) is 24.3 Å². The van der Waals surface area contributed by atoms with Crippen LogP contribution >= 0.6 is 0 Å². The fourth-order valence-electron chi connectivity index (χ4n) is 2.49. The van der Waals surface area contributed by atoms with Gasteiger partial charge in [0.05, 0.1) is 11.6 Å². The van der Waals surface area contributed by atoms with Gasteiger partial charge in [0.2, 0.25) is 0 Å². The maximum atomic E-state index is 8.71. The first kappa shape index (κ1) is 11.9. The molecule has 1 fully saturated rings. The molecular formula is C16H19N. The molecule has 88 valence electrons. The monoisotopic (exact) mass is 225 g/mol. The minimum Gasteiger partial charge on any atom is -0.192 e. The summed E-state index contributed by atoms with van der Waals surface area (Å²) in [5, 5.41) is 8.71. The third-order valence-electron chi connectivity index (χ3n) is 3.54. The van der Waals surface area contributed by atoms with Crippen molar-refractivity contribution < 1.29 is 0 Å². The molecule has 17 heavy (non-hydrogen) atoms. The lowest BCUT2D eigenvalue weighted by molar-refractivity contribution is 0.362. The van der Waals surface area contributed by atoms with Gasteiger partial charge in [0.15, 0.2) is 0 Å². The Morgan fingerprint density at radius 3 is 2.47 bits per heavy atom. The SMILES string of the molecule is N#Cc1ccc(C=CCC2CCCCC2)cc1. The molecule has 0 aliphatic heterocycles. The largest absolute Gasteiger partial charge is 0.192 e. The van der Waals surface area contributed by atoms with Crippen molar-refractivity contribution in [3.63, 3.8) is 0 Å². The zero-order chi connectivity index (χ0) is 11.9. The number of allylic oxidation sites excluding steroid dienone is 1. The smallest absolute Gasteiger partial charge is 0.0991 e. The van der Waals surface area contributed by atoms with E-state index in [4.69, 9.17) is 5.26 Å². The van der Waals surface area contributed by atoms with E-state index in [1.165, 1.54) is 44.1 Å². The Morgan fingerprint density at radius 1 is 1.12 bits per heavy atom. The fourth-order valence-corrected chi connectivity index (χ4v) is 2.49. The molecule has 1 nitrogen and oxygen atoms in total. The summed E-state index contributed by atoms with van der Waals surface area (Å²) in [4.78, 5) is 0. The molecule has 1 saturated carbocycles. The molecule has 0 spiro atoms. The Kier molecular flexibility index (Phi) is 4.38. The van der Waals surface area contributed by atoms with Crippen LogP contribution in [0.25, 0.3) is 6.08 Å². The van der Waals surface area contributed by atoms with Crippen molar-refractivity contribution in [1.82, 2.24) is 0 Å². The maximum Gasteiger partial charge on any atom is 0.0991 e. The van der Waals surface area contributed by atoms with Crippen LogP contribution in [-0.4, -0.2) is 0 Å². The third-order valence-corrected chi connectivity index (χ3v) is 3.54. The number of hydrogen-bond acceptors (Lipinski definition) is 1. The van der Waals surface area contributed by atoms with Crippen LogP contribution in [0.4, 0.5) is 0 Å². The zero-order valence-corrected chi connectivity index (χ0v) is 10.2. The van der Waals surface area contributed by atoms with Gasteiger partial charge in [-0.05, 0) is 30.0 Å². The fraction of sp³-hybridized carbons (Fsp3) is 0.438. The summed E-state index contributed by atoms with van der Waals surface area (Å²) in [7, 11) is 0. The highest BCUT2D eigenvalue weighted by atomic mass is 14.2. The van der Waals surface area contributed by atoms with Crippen LogP contribution in [-0.2, 0) is 0 Å². The third kappa shape index (κ3) is 3.75. The zero-order valence-electron chi connectivity index (χ0n) is 10.2. The molecule has 0 saturated heterocycles. The normalized spacial score (nSPS) is 17.1. The molecule has 0 atom stereocenters. The van der Waals surface area contributed by atoms with Crippen LogP contribution in [0.5, 0.6) is 0 Å². The summed E-state index contributed by atoms with van der Waals surface area (Å²) in [6, 6.07) is 9.91. The van der Waals surface area contributed by atoms with Crippen molar-refractivity contribution in [2.24, 2.45) is 5.92 Å². The summed E-state index contributed by atoms with van der Waals surface area (Å²) in [6.45, 7) is 0. The van der Waals surface area contributed by atoms with E-state index in [-0.39, 0.29) is 0 Å². The molecule has 1 heteroatoms. The Bertz CT molecular complexity index is 402. The average Bonchev–Trinajstić information content (AvgIpc) is 2.41. The summed E-state index contributed by atoms with van der Waals surface area (Å²) in [5.74, 6) is 0.901. The van der Waals surface area contributed by atoms with E-state index in [2.05, 4.69) is 18.2 Å². The predicted octanol–water partition coefficient (Wildman–Crippen LogP) is 4.54. The first-order chi connectivity index (χ1) is 8.38. The molecule has 0 N–H and O–H groups in total. The highest BCUT2D eigenvalue weighted by Crippen LogP contribution is 2.26. The highest BCUT2D eigenvalue weighted by Gasteiger charge is 2.10. The van der Waals surface area contributed by atoms with Crippen molar-refractivity contribution >= 4 is 6.08 Å². The standard InChI is InChI=1S/C16H19N/c17-13-16-11-9-15(10-12-16)8-4-7-14-5-2-1-3-6-14/h4,8-12,14H,1-3,5-7H2. The van der Waals surface area contributed by atoms with Crippen LogP contribution in [0.15, 0.2) is 30.3 Å². The minimum absolute atomic E-state index is 0.731. The second kappa shape index (κ2) is 6.25. The van der Waals surface area contributed by atoms with Gasteiger partial charge in [-0.15, -0.1) is 0 Å². The van der Waals surface area contributed by atoms with Crippen molar-refractivity contribution in [1.29, 1.82) is 5.26 Å². The van der Waals surface area contributed by atoms with Gasteiger partial charge in [-0.3, -0.25) is 0 Å². The lowest BCUT2D eigenvalue weighted by Gasteiger charge is -2.19. The van der Waals surface area contributed by atoms with Crippen LogP contribution in [0, 0.1) is 17.2 Å². The molecule has 0 aromatic heterocycles. The first-order valence-corrected chi connectivity index (χ1v) is 6.55. The molecule has 0 heterocycles. The Balaban J connectivity index is 1.84. The lowest BCUT2D eigenvalue weighted by atomic mass is 9.87. The number of rotatable bonds is 3. The van der Waals surface area contributed by atoms with Crippen LogP contribution < -0.4 is 0 Å². The number of hydrogen-bond donors (Lipinski definition) is 0. The summed E-state index contributed by atoms with van der Waals surface area (Å²) in [5.41, 5.74) is 1.93. The molecule has 1 aromatic carbocycles. The van der Waals surface area contributed by atoms with Gasteiger partial charge in [-0.1, -0.05) is 56.4 Å². The number of nitrogens with zero attached hydrogens (tertiary/aromatic N) is 1. The topological polar surface area (TPSA) is 23.8 Å². The maximum absolute atomic E-state index is 8.71. The predicted molar refractivity (Wildman–Crippen MR) is 71.4 cm³/mol. The van der Waals surface area contributed by atoms with Crippen molar-refractivity contribution in [3.8, 4) is 6.07 Å². The molecule has 0 unspecified atom stereocenters. The van der Waals surface area contributed by atoms with Crippen LogP contribution in [0.1, 0.15) is 49.7 Å². The van der Waals surface area contributed by atoms with E-state index in [1.54, 1.807) is 0 Å². The summed E-state index contributed by atoms with van der Waals surface area (Å²) >= 11 is 0. The van der Waals surface area contributed by atoms with Crippen LogP contribution in [0.3, 0.4) is 0 Å². The van der Waals surface area contributed by atoms with E-state index < -0.39 is 0 Å². The van der Waals surface area contributed by atoms with Crippen molar-refractivity contribution in [2.75, 3.05) is 0 Å². The molecule has 1 aliphatic rings. The molecule has 0 amide bonds. The van der Waals surface area contributed by atoms with Crippen LogP contribution in [0.2, 0.25) is 0 Å². The number of benzene rings is 1. The van der Waals surface area contributed by atoms with E-state index in [0.29, 0.717) is 0 Å².